The van der Waals surface area contributed by atoms with Gasteiger partial charge in [0, 0.05) is 18.6 Å². The van der Waals surface area contributed by atoms with Crippen molar-refractivity contribution in [2.45, 2.75) is 12.8 Å². The van der Waals surface area contributed by atoms with Crippen LogP contribution in [0, 0.1) is 0 Å². The molecule has 39 heavy (non-hydrogen) atoms. The number of hydrogen-bond donors (Lipinski definition) is 0. The van der Waals surface area contributed by atoms with Crippen LogP contribution >= 0.6 is 0 Å². The molecule has 0 aliphatic heterocycles. The fourth-order valence-electron chi connectivity index (χ4n) is 3.33. The molecule has 7 nitrogen and oxygen atoms in total. The van der Waals surface area contributed by atoms with Gasteiger partial charge in [0.05, 0.1) is 19.8 Å². The third-order valence-corrected chi connectivity index (χ3v) is 5.29. The molecule has 0 unspecified atom stereocenters. The minimum Gasteiger partial charge on any atom is -0.493 e. The first-order chi connectivity index (χ1) is 19.1. The average Bonchev–Trinajstić information content (AvgIpc) is 2.97. The third-order valence-electron chi connectivity index (χ3n) is 5.29. The number of rotatable bonds is 15. The topological polar surface area (TPSA) is 80.3 Å². The van der Waals surface area contributed by atoms with Crippen LogP contribution in [0.5, 0.6) is 11.5 Å². The van der Waals surface area contributed by atoms with Gasteiger partial charge in [-0.2, -0.15) is 4.89 Å². The first kappa shape index (κ1) is 28.7. The van der Waals surface area contributed by atoms with E-state index in [2.05, 4.69) is 18.9 Å². The maximum Gasteiger partial charge on any atom is 0.336 e. The van der Waals surface area contributed by atoms with Crippen molar-refractivity contribution in [2.24, 2.45) is 0 Å². The Bertz CT molecular complexity index is 1280. The van der Waals surface area contributed by atoms with Crippen LogP contribution < -0.4 is 9.47 Å². The molecule has 7 heteroatoms. The highest BCUT2D eigenvalue weighted by Gasteiger charge is 2.03. The van der Waals surface area contributed by atoms with E-state index in [-0.39, 0.29) is 6.61 Å². The van der Waals surface area contributed by atoms with Crippen molar-refractivity contribution in [3.05, 3.63) is 121 Å². The van der Waals surface area contributed by atoms with E-state index in [1.165, 1.54) is 12.3 Å². The number of carbonyl (C=O) groups excluding carboxylic acids is 2. The Kier molecular flexibility index (Phi) is 11.9. The summed E-state index contributed by atoms with van der Waals surface area (Å²) in [5.74, 6) is 0.297. The third kappa shape index (κ3) is 10.6. The molecule has 3 aromatic carbocycles. The molecule has 0 bridgehead atoms. The second-order valence-corrected chi connectivity index (χ2v) is 8.11. The maximum atomic E-state index is 12.2. The zero-order valence-corrected chi connectivity index (χ0v) is 21.5. The van der Waals surface area contributed by atoms with Gasteiger partial charge < -0.3 is 19.1 Å². The molecule has 0 spiro atoms. The largest absolute Gasteiger partial charge is 0.493 e. The summed E-state index contributed by atoms with van der Waals surface area (Å²) in [6.45, 7) is 7.82. The van der Waals surface area contributed by atoms with Crippen molar-refractivity contribution in [3.63, 3.8) is 0 Å². The lowest BCUT2D eigenvalue weighted by Crippen LogP contribution is -2.06. The lowest BCUT2D eigenvalue weighted by Gasteiger charge is -2.08. The van der Waals surface area contributed by atoms with Crippen LogP contribution in [-0.2, 0) is 30.5 Å². The van der Waals surface area contributed by atoms with Gasteiger partial charge in [0.15, 0.2) is 6.26 Å². The summed E-state index contributed by atoms with van der Waals surface area (Å²) >= 11 is 0. The van der Waals surface area contributed by atoms with E-state index >= 15 is 0 Å². The van der Waals surface area contributed by atoms with Gasteiger partial charge in [-0.05, 0) is 59.0 Å². The molecule has 200 valence electrons. The van der Waals surface area contributed by atoms with Gasteiger partial charge >= 0.3 is 11.9 Å². The second kappa shape index (κ2) is 16.1. The number of ether oxygens (including phenoxy) is 3. The van der Waals surface area contributed by atoms with E-state index in [1.54, 1.807) is 18.2 Å². The zero-order valence-electron chi connectivity index (χ0n) is 21.5. The van der Waals surface area contributed by atoms with Gasteiger partial charge in [-0.25, -0.2) is 9.59 Å². The Hall–Kier alpha value is -4.84. The molecule has 3 aromatic rings. The van der Waals surface area contributed by atoms with Crippen LogP contribution in [0.4, 0.5) is 0 Å². The molecular weight excluding hydrogens is 496 g/mol. The summed E-state index contributed by atoms with van der Waals surface area (Å²) < 4.78 is 16.0. The molecule has 0 atom stereocenters. The van der Waals surface area contributed by atoms with Crippen LogP contribution in [0.25, 0.3) is 17.2 Å². The predicted molar refractivity (Wildman–Crippen MR) is 149 cm³/mol. The summed E-state index contributed by atoms with van der Waals surface area (Å²) in [6.07, 6.45) is 6.71. The van der Waals surface area contributed by atoms with Crippen molar-refractivity contribution in [2.75, 3.05) is 19.8 Å². The maximum absolute atomic E-state index is 12.2. The minimum absolute atomic E-state index is 0.289. The molecule has 0 aliphatic rings. The highest BCUT2D eigenvalue weighted by molar-refractivity contribution is 5.88. The standard InChI is InChI=1S/C32H30O7/c1-3-21-37-38-24-20-26-8-15-30(16-9-26)39-32(34)19-10-25-6-11-27(12-7-25)28-13-17-29(18-14-28)35-22-5-23-36-31(33)4-2/h4,6-19,21H,1-2,5,20,22-24H2/b19-10+. The minimum atomic E-state index is -0.464. The van der Waals surface area contributed by atoms with Gasteiger partial charge in [0.1, 0.15) is 11.5 Å². The normalized spacial score (nSPS) is 10.4. The summed E-state index contributed by atoms with van der Waals surface area (Å²) in [6, 6.07) is 22.8. The van der Waals surface area contributed by atoms with Crippen molar-refractivity contribution in [1.82, 2.24) is 0 Å². The molecule has 0 heterocycles. The van der Waals surface area contributed by atoms with Crippen molar-refractivity contribution in [1.29, 1.82) is 0 Å². The molecular formula is C32H30O7. The summed E-state index contributed by atoms with van der Waals surface area (Å²) in [5, 5.41) is 0. The highest BCUT2D eigenvalue weighted by atomic mass is 17.2. The van der Waals surface area contributed by atoms with Gasteiger partial charge in [-0.15, -0.1) is 0 Å². The predicted octanol–water partition coefficient (Wildman–Crippen LogP) is 6.26. The molecule has 0 fully saturated rings. The van der Waals surface area contributed by atoms with Crippen LogP contribution in [0.2, 0.25) is 0 Å². The SMILES string of the molecule is C=C=COOCCc1ccc(OC(=O)/C=C/c2ccc(-c3ccc(OCCCOC(=O)C=C)cc3)cc2)cc1. The summed E-state index contributed by atoms with van der Waals surface area (Å²) in [5.41, 5.74) is 6.40. The fourth-order valence-corrected chi connectivity index (χ4v) is 3.33. The molecule has 0 saturated carbocycles. The summed E-state index contributed by atoms with van der Waals surface area (Å²) in [4.78, 5) is 32.9. The average molecular weight is 527 g/mol. The molecule has 0 amide bonds. The quantitative estimate of drug-likeness (QED) is 0.0338. The molecule has 0 saturated heterocycles. The lowest BCUT2D eigenvalue weighted by molar-refractivity contribution is -0.247. The van der Waals surface area contributed by atoms with Crippen LogP contribution in [0.3, 0.4) is 0 Å². The lowest BCUT2D eigenvalue weighted by atomic mass is 10.0. The molecule has 0 aromatic heterocycles. The zero-order chi connectivity index (χ0) is 27.7. The monoisotopic (exact) mass is 526 g/mol. The van der Waals surface area contributed by atoms with Gasteiger partial charge in [0.2, 0.25) is 0 Å². The number of esters is 2. The fraction of sp³-hybridized carbons (Fsp3) is 0.156. The first-order valence-corrected chi connectivity index (χ1v) is 12.3. The van der Waals surface area contributed by atoms with E-state index in [1.807, 2.05) is 60.7 Å². The summed E-state index contributed by atoms with van der Waals surface area (Å²) in [7, 11) is 0. The number of carbonyl (C=O) groups is 2. The Labute approximate surface area is 228 Å². The Balaban J connectivity index is 1.42. The van der Waals surface area contributed by atoms with Gasteiger partial charge in [-0.3, -0.25) is 0 Å². The Morgan fingerprint density at radius 2 is 1.46 bits per heavy atom. The van der Waals surface area contributed by atoms with Crippen LogP contribution in [0.15, 0.2) is 110 Å². The highest BCUT2D eigenvalue weighted by Crippen LogP contribution is 2.23. The van der Waals surface area contributed by atoms with E-state index in [0.717, 1.165) is 34.1 Å². The van der Waals surface area contributed by atoms with E-state index < -0.39 is 11.9 Å². The second-order valence-electron chi connectivity index (χ2n) is 8.11. The van der Waals surface area contributed by atoms with Crippen molar-refractivity contribution >= 4 is 18.0 Å². The van der Waals surface area contributed by atoms with E-state index in [9.17, 15) is 9.59 Å². The van der Waals surface area contributed by atoms with Gasteiger partial charge in [-0.1, -0.05) is 67.4 Å². The molecule has 3 rings (SSSR count). The van der Waals surface area contributed by atoms with Gasteiger partial charge in [0.25, 0.3) is 0 Å². The molecule has 0 N–H and O–H groups in total. The van der Waals surface area contributed by atoms with Crippen LogP contribution in [0.1, 0.15) is 17.5 Å². The smallest absolute Gasteiger partial charge is 0.336 e. The first-order valence-electron chi connectivity index (χ1n) is 12.3. The van der Waals surface area contributed by atoms with Crippen LogP contribution in [-0.4, -0.2) is 31.8 Å². The Morgan fingerprint density at radius 1 is 0.795 bits per heavy atom. The van der Waals surface area contributed by atoms with E-state index in [0.29, 0.717) is 31.8 Å². The van der Waals surface area contributed by atoms with E-state index in [4.69, 9.17) is 24.0 Å². The van der Waals surface area contributed by atoms with Crippen molar-refractivity contribution in [3.8, 4) is 22.6 Å². The molecule has 0 aliphatic carbocycles. The number of benzene rings is 3. The van der Waals surface area contributed by atoms with Crippen molar-refractivity contribution < 1.29 is 33.6 Å². The molecule has 0 radical (unpaired) electrons. The number of hydrogen-bond acceptors (Lipinski definition) is 7. The Morgan fingerprint density at radius 3 is 2.13 bits per heavy atom.